The van der Waals surface area contributed by atoms with E-state index >= 15 is 0 Å². The quantitative estimate of drug-likeness (QED) is 0.322. The number of hydrogen-bond acceptors (Lipinski definition) is 0. The normalized spacial score (nSPS) is 0. The minimum atomic E-state index is 0. The van der Waals surface area contributed by atoms with Crippen molar-refractivity contribution in [3.63, 3.8) is 0 Å². The first-order valence-corrected chi connectivity index (χ1v) is 0. The summed E-state index contributed by atoms with van der Waals surface area (Å²) >= 11 is 0. The Morgan fingerprint density at radius 1 is 0.500 bits per heavy atom. The standard InChI is InChI=1S/Co.3Li. The molecule has 0 unspecified atom stereocenters. The largest absolute Gasteiger partial charge is 0 e. The van der Waals surface area contributed by atoms with Crippen LogP contribution in [0.4, 0.5) is 0 Å². The molecule has 0 rings (SSSR count). The maximum atomic E-state index is 0. The Hall–Kier alpha value is 2.30. The van der Waals surface area contributed by atoms with E-state index in [1.807, 2.05) is 0 Å². The van der Waals surface area contributed by atoms with Crippen molar-refractivity contribution in [1.29, 1.82) is 0 Å². The van der Waals surface area contributed by atoms with Gasteiger partial charge in [0, 0.05) is 73.4 Å². The van der Waals surface area contributed by atoms with Crippen molar-refractivity contribution in [2.75, 3.05) is 0 Å². The van der Waals surface area contributed by atoms with Crippen LogP contribution in [0.3, 0.4) is 0 Å². The van der Waals surface area contributed by atoms with Crippen LogP contribution in [0.25, 0.3) is 0 Å². The van der Waals surface area contributed by atoms with Crippen molar-refractivity contribution in [1.82, 2.24) is 0 Å². The van der Waals surface area contributed by atoms with E-state index in [2.05, 4.69) is 0 Å². The minimum absolute atomic E-state index is 0. The van der Waals surface area contributed by atoms with E-state index < -0.39 is 0 Å². The van der Waals surface area contributed by atoms with Crippen LogP contribution in [0.15, 0.2) is 0 Å². The van der Waals surface area contributed by atoms with Crippen molar-refractivity contribution >= 4 is 56.6 Å². The summed E-state index contributed by atoms with van der Waals surface area (Å²) in [6, 6.07) is 0. The van der Waals surface area contributed by atoms with Gasteiger partial charge in [0.15, 0.2) is 0 Å². The Morgan fingerprint density at radius 3 is 0.500 bits per heavy atom. The summed E-state index contributed by atoms with van der Waals surface area (Å²) in [5, 5.41) is 0. The van der Waals surface area contributed by atoms with Gasteiger partial charge in [0.1, 0.15) is 0 Å². The number of hydrogen-bond donors (Lipinski definition) is 0. The van der Waals surface area contributed by atoms with Crippen LogP contribution in [0.2, 0.25) is 0 Å². The molecule has 0 nitrogen and oxygen atoms in total. The molecule has 0 saturated heterocycles. The van der Waals surface area contributed by atoms with E-state index in [1.165, 1.54) is 0 Å². The summed E-state index contributed by atoms with van der Waals surface area (Å²) < 4.78 is 0. The van der Waals surface area contributed by atoms with Crippen LogP contribution in [-0.2, 0) is 16.8 Å². The molecule has 0 aromatic carbocycles. The molecule has 0 N–H and O–H groups in total. The molecule has 0 heterocycles. The summed E-state index contributed by atoms with van der Waals surface area (Å²) in [7, 11) is 0. The summed E-state index contributed by atoms with van der Waals surface area (Å²) in [5.74, 6) is 0. The number of rotatable bonds is 0. The molecular weight excluding hydrogens is 79.8 g/mol. The van der Waals surface area contributed by atoms with Crippen molar-refractivity contribution in [2.45, 2.75) is 0 Å². The van der Waals surface area contributed by atoms with Gasteiger partial charge < -0.3 is 0 Å². The molecule has 4 heteroatoms. The molecule has 0 aliphatic rings. The maximum Gasteiger partial charge on any atom is 0 e. The first-order valence-electron chi connectivity index (χ1n) is 0. The summed E-state index contributed by atoms with van der Waals surface area (Å²) in [6.07, 6.45) is 0. The van der Waals surface area contributed by atoms with Crippen molar-refractivity contribution in [2.24, 2.45) is 0 Å². The molecule has 0 aliphatic heterocycles. The zero-order valence-corrected chi connectivity index (χ0v) is 4.37. The molecule has 0 spiro atoms. The summed E-state index contributed by atoms with van der Waals surface area (Å²) in [5.41, 5.74) is 0. The van der Waals surface area contributed by atoms with Crippen LogP contribution in [-0.4, -0.2) is 56.6 Å². The molecule has 0 fully saturated rings. The average molecular weight is 79.8 g/mol. The molecule has 0 saturated carbocycles. The maximum absolute atomic E-state index is 0. The van der Waals surface area contributed by atoms with Gasteiger partial charge in [-0.3, -0.25) is 0 Å². The molecule has 0 aliphatic carbocycles. The van der Waals surface area contributed by atoms with Gasteiger partial charge in [-0.2, -0.15) is 0 Å². The van der Waals surface area contributed by atoms with Crippen LogP contribution in [0.1, 0.15) is 0 Å². The topological polar surface area (TPSA) is 0 Å². The zero-order valence-electron chi connectivity index (χ0n) is 3.33. The molecule has 0 bridgehead atoms. The SMILES string of the molecule is [Co].[Li].[Li].[Li]. The van der Waals surface area contributed by atoms with Gasteiger partial charge in [0.05, 0.1) is 0 Å². The van der Waals surface area contributed by atoms with Gasteiger partial charge in [-0.1, -0.05) is 0 Å². The van der Waals surface area contributed by atoms with Gasteiger partial charge >= 0.3 is 0 Å². The second-order valence-corrected chi connectivity index (χ2v) is 0. The fraction of sp³-hybridized carbons (Fsp3) is 0. The predicted octanol–water partition coefficient (Wildman–Crippen LogP) is -1.14. The zero-order chi connectivity index (χ0) is 0. The van der Waals surface area contributed by atoms with Gasteiger partial charge in [-0.25, -0.2) is 0 Å². The van der Waals surface area contributed by atoms with E-state index in [9.17, 15) is 0 Å². The Morgan fingerprint density at radius 2 is 0.500 bits per heavy atom. The van der Waals surface area contributed by atoms with E-state index in [1.54, 1.807) is 0 Å². The molecule has 4 radical (unpaired) electrons. The van der Waals surface area contributed by atoms with Gasteiger partial charge in [0.2, 0.25) is 0 Å². The van der Waals surface area contributed by atoms with Gasteiger partial charge in [-0.05, 0) is 0 Å². The Balaban J connectivity index is 0. The molecule has 0 atom stereocenters. The summed E-state index contributed by atoms with van der Waals surface area (Å²) in [4.78, 5) is 0. The van der Waals surface area contributed by atoms with E-state index in [4.69, 9.17) is 0 Å². The van der Waals surface area contributed by atoms with Crippen molar-refractivity contribution in [3.8, 4) is 0 Å². The van der Waals surface area contributed by atoms with E-state index in [0.717, 1.165) is 0 Å². The Bertz CT molecular complexity index is 3.25. The molecule has 0 amide bonds. The molecule has 0 aromatic heterocycles. The van der Waals surface area contributed by atoms with Gasteiger partial charge in [-0.15, -0.1) is 0 Å². The van der Waals surface area contributed by atoms with Crippen molar-refractivity contribution in [3.05, 3.63) is 0 Å². The van der Waals surface area contributed by atoms with Crippen molar-refractivity contribution < 1.29 is 16.8 Å². The molecule has 0 aromatic rings. The molecule has 12 valence electrons. The smallest absolute Gasteiger partial charge is 0 e. The van der Waals surface area contributed by atoms with E-state index in [-0.39, 0.29) is 73.4 Å². The first-order chi connectivity index (χ1) is 0. The first kappa shape index (κ1) is 33.5. The molecular formula is CoLi3. The average Bonchev–Trinajstić information content (AvgIpc) is 0. The fourth-order valence-corrected chi connectivity index (χ4v) is 0. The third-order valence-corrected chi connectivity index (χ3v) is 0. The Kier molecular flexibility index (Phi) is 155. The minimum Gasteiger partial charge on any atom is 0 e. The predicted molar refractivity (Wildman–Crippen MR) is 17.3 cm³/mol. The fourth-order valence-electron chi connectivity index (χ4n) is 0. The third kappa shape index (κ3) is 8.85. The monoisotopic (exact) mass is 80.0 g/mol. The summed E-state index contributed by atoms with van der Waals surface area (Å²) in [6.45, 7) is 0. The van der Waals surface area contributed by atoms with Crippen LogP contribution < -0.4 is 0 Å². The Labute approximate surface area is 72.6 Å². The van der Waals surface area contributed by atoms with Gasteiger partial charge in [0.25, 0.3) is 0 Å². The molecule has 4 heavy (non-hydrogen) atoms. The van der Waals surface area contributed by atoms with Crippen LogP contribution >= 0.6 is 0 Å². The van der Waals surface area contributed by atoms with Crippen LogP contribution in [0.5, 0.6) is 0 Å². The van der Waals surface area contributed by atoms with E-state index in [0.29, 0.717) is 0 Å². The van der Waals surface area contributed by atoms with Crippen LogP contribution in [0, 0.1) is 0 Å². The second kappa shape index (κ2) is 18.5. The second-order valence-electron chi connectivity index (χ2n) is 0. The third-order valence-electron chi connectivity index (χ3n) is 0.